The Morgan fingerprint density at radius 3 is 1.27 bits per heavy atom. The molecule has 0 aromatic carbocycles. The molecule has 0 aliphatic carbocycles. The highest BCUT2D eigenvalue weighted by Crippen LogP contribution is 2.30. The predicted octanol–water partition coefficient (Wildman–Crippen LogP) is -4.85. The number of carbonyl (C=O) groups is 2. The van der Waals surface area contributed by atoms with Crippen LogP contribution in [0, 0.1) is 0 Å². The molecule has 2 saturated heterocycles. The van der Waals surface area contributed by atoms with Crippen LogP contribution in [0.3, 0.4) is 0 Å². The van der Waals surface area contributed by atoms with Crippen molar-refractivity contribution in [3.8, 4) is 0 Å². The number of carbonyl (C=O) groups excluding carboxylic acids is 2. The molecule has 14 N–H and O–H groups in total. The molecular weight excluding hydrogens is 1040 g/mol. The average molecular weight is 1120 g/mol. The van der Waals surface area contributed by atoms with Crippen LogP contribution in [0.15, 0.2) is 27.1 Å². The number of azide groups is 1. The van der Waals surface area contributed by atoms with E-state index in [1.165, 1.54) is 12.4 Å². The van der Waals surface area contributed by atoms with E-state index in [9.17, 15) is 49.8 Å². The molecule has 8 atom stereocenters. The summed E-state index contributed by atoms with van der Waals surface area (Å²) in [6.07, 6.45) is -5.00. The second-order valence-electron chi connectivity index (χ2n) is 17.2. The number of nitrogens with zero attached hydrogens (tertiary/aromatic N) is 7. The van der Waals surface area contributed by atoms with Gasteiger partial charge in [0.15, 0.2) is 12.5 Å². The third-order valence-corrected chi connectivity index (χ3v) is 11.4. The van der Waals surface area contributed by atoms with E-state index in [4.69, 9.17) is 70.1 Å². The number of aliphatic hydroxyl groups excluding tert-OH is 6. The van der Waals surface area contributed by atoms with E-state index in [0.29, 0.717) is 155 Å². The third-order valence-electron chi connectivity index (χ3n) is 11.4. The van der Waals surface area contributed by atoms with Crippen LogP contribution in [-0.4, -0.2) is 243 Å². The minimum Gasteiger partial charge on any atom is -0.394 e. The van der Waals surface area contributed by atoms with Gasteiger partial charge in [0.2, 0.25) is 11.8 Å². The van der Waals surface area contributed by atoms with Gasteiger partial charge in [-0.05, 0) is 31.2 Å². The SMILES string of the molecule is NCCOCCOCCOCCOCCC(=O)NCCCc1cn([C@@H]2O[C@H](CO)C(O)[C@@H]2O)c(=O)nc1N.[N-]=[N+]=NCCOCCOCCOCCOCCC(=O)NCCCc1cn([C@@H]2O[C@H](CO)C(O)[C@@H]2O)c(=O)nc1N. The zero-order valence-electron chi connectivity index (χ0n) is 43.8. The first-order valence-electron chi connectivity index (χ1n) is 25.6. The van der Waals surface area contributed by atoms with Crippen molar-refractivity contribution in [2.24, 2.45) is 10.8 Å². The van der Waals surface area contributed by atoms with E-state index in [0.717, 1.165) is 9.13 Å². The van der Waals surface area contributed by atoms with Gasteiger partial charge >= 0.3 is 11.4 Å². The minimum absolute atomic E-state index is 0.0226. The quantitative estimate of drug-likeness (QED) is 0.0129. The maximum atomic E-state index is 12.3. The van der Waals surface area contributed by atoms with Crippen LogP contribution in [-0.2, 0) is 69.8 Å². The summed E-state index contributed by atoms with van der Waals surface area (Å²) in [5.41, 5.74) is 24.7. The van der Waals surface area contributed by atoms with E-state index in [1.54, 1.807) is 0 Å². The second kappa shape index (κ2) is 40.2. The van der Waals surface area contributed by atoms with Crippen molar-refractivity contribution in [3.05, 3.63) is 54.9 Å². The molecule has 4 rings (SSSR count). The molecule has 2 fully saturated rings. The number of amides is 2. The van der Waals surface area contributed by atoms with Crippen LogP contribution in [0.5, 0.6) is 0 Å². The van der Waals surface area contributed by atoms with Crippen molar-refractivity contribution >= 4 is 23.5 Å². The lowest BCUT2D eigenvalue weighted by Gasteiger charge is -2.18. The first kappa shape index (κ1) is 67.2. The highest BCUT2D eigenvalue weighted by Gasteiger charge is 2.45. The number of aryl methyl sites for hydroxylation is 2. The number of nitrogens with one attached hydrogen (secondary N) is 2. The fourth-order valence-electron chi connectivity index (χ4n) is 7.29. The predicted molar refractivity (Wildman–Crippen MR) is 273 cm³/mol. The maximum absolute atomic E-state index is 12.3. The van der Waals surface area contributed by atoms with Gasteiger partial charge in [-0.2, -0.15) is 9.97 Å². The summed E-state index contributed by atoms with van der Waals surface area (Å²) in [5.74, 6) is -0.297. The molecule has 2 unspecified atom stereocenters. The normalized spacial score (nSPS) is 20.8. The number of hydrogen-bond acceptors (Lipinski definition) is 26. The monoisotopic (exact) mass is 1120 g/mol. The Kier molecular flexibility index (Phi) is 34.6. The zero-order valence-corrected chi connectivity index (χ0v) is 43.8. The molecule has 0 saturated carbocycles. The van der Waals surface area contributed by atoms with Crippen molar-refractivity contribution in [2.45, 2.75) is 87.6 Å². The molecule has 2 aliphatic rings. The third kappa shape index (κ3) is 25.4. The number of aliphatic hydroxyl groups is 6. The van der Waals surface area contributed by atoms with Gasteiger partial charge < -0.3 is 106 Å². The summed E-state index contributed by atoms with van der Waals surface area (Å²) in [7, 11) is 0. The van der Waals surface area contributed by atoms with E-state index in [-0.39, 0.29) is 49.5 Å². The Balaban J connectivity index is 0.000000411. The molecule has 4 heterocycles. The van der Waals surface area contributed by atoms with Gasteiger partial charge in [-0.1, -0.05) is 5.11 Å². The molecular formula is C46H80N12O20. The number of nitrogens with two attached hydrogens (primary N) is 3. The summed E-state index contributed by atoms with van der Waals surface area (Å²) in [6.45, 7) is 6.84. The second-order valence-corrected chi connectivity index (χ2v) is 17.2. The lowest BCUT2D eigenvalue weighted by Crippen LogP contribution is -2.36. The van der Waals surface area contributed by atoms with E-state index >= 15 is 0 Å². The largest absolute Gasteiger partial charge is 0.394 e. The van der Waals surface area contributed by atoms with Crippen LogP contribution in [0.25, 0.3) is 10.4 Å². The number of ether oxygens (including phenoxy) is 10. The van der Waals surface area contributed by atoms with Crippen LogP contribution < -0.4 is 39.2 Å². The fraction of sp³-hybridized carbons (Fsp3) is 0.783. The average Bonchev–Trinajstić information content (AvgIpc) is 3.91. The summed E-state index contributed by atoms with van der Waals surface area (Å²) < 4.78 is 55.4. The van der Waals surface area contributed by atoms with Crippen molar-refractivity contribution in [3.63, 3.8) is 0 Å². The van der Waals surface area contributed by atoms with Crippen molar-refractivity contribution in [1.82, 2.24) is 29.7 Å². The molecule has 2 amide bonds. The summed E-state index contributed by atoms with van der Waals surface area (Å²) >= 11 is 0. The van der Waals surface area contributed by atoms with Gasteiger partial charge in [0, 0.05) is 67.5 Å². The molecule has 2 aliphatic heterocycles. The number of aromatic nitrogens is 4. The zero-order chi connectivity index (χ0) is 56.9. The van der Waals surface area contributed by atoms with Gasteiger partial charge in [-0.25, -0.2) is 9.59 Å². The lowest BCUT2D eigenvalue weighted by atomic mass is 10.1. The topological polar surface area (TPSA) is 468 Å². The van der Waals surface area contributed by atoms with Gasteiger partial charge in [-0.3, -0.25) is 18.7 Å². The van der Waals surface area contributed by atoms with E-state index in [2.05, 4.69) is 30.6 Å². The Morgan fingerprint density at radius 1 is 0.590 bits per heavy atom. The maximum Gasteiger partial charge on any atom is 0.351 e. The molecule has 32 heteroatoms. The molecule has 0 bridgehead atoms. The minimum atomic E-state index is -1.42. The van der Waals surface area contributed by atoms with Crippen molar-refractivity contribution in [1.29, 1.82) is 0 Å². The van der Waals surface area contributed by atoms with Crippen LogP contribution in [0.2, 0.25) is 0 Å². The Labute approximate surface area is 449 Å². The number of anilines is 2. The van der Waals surface area contributed by atoms with Crippen LogP contribution in [0.1, 0.15) is 49.3 Å². The summed E-state index contributed by atoms with van der Waals surface area (Å²) in [4.78, 5) is 58.7. The number of hydrogen-bond donors (Lipinski definition) is 11. The van der Waals surface area contributed by atoms with Gasteiger partial charge in [0.1, 0.15) is 48.3 Å². The standard InChI is InChI=1S/C23H39N7O10.C23H41N5O10/c24-21-16(14-30(23(35)28-21)22-20(34)19(33)17(15-31)40-22)2-1-4-26-18(32)3-6-36-8-10-38-12-13-39-11-9-37-7-5-27-29-25;24-4-7-35-9-11-37-13-12-36-10-8-34-6-3-18(30)26-5-1-2-16-14-28(23(33)27-21(16)25)22-20(32)19(31)17(15-29)38-22/h14,17,19-20,22,31,33-34H,1-13,15H2,(H,26,32)(H2,24,28,35);14,17,19-20,22,29,31-32H,1-13,15,24H2,(H,26,30)(H2,25,27,33)/t2*17-,19?,20+,22-/m11/s1. The molecule has 2 aromatic rings. The Morgan fingerprint density at radius 2 is 0.936 bits per heavy atom. The van der Waals surface area contributed by atoms with Crippen LogP contribution in [0.4, 0.5) is 11.6 Å². The summed E-state index contributed by atoms with van der Waals surface area (Å²) in [6, 6.07) is 0. The highest BCUT2D eigenvalue weighted by atomic mass is 16.6. The lowest BCUT2D eigenvalue weighted by molar-refractivity contribution is -0.123. The van der Waals surface area contributed by atoms with Crippen molar-refractivity contribution < 1.29 is 87.6 Å². The van der Waals surface area contributed by atoms with E-state index < -0.39 is 73.7 Å². The molecule has 0 spiro atoms. The molecule has 2 aromatic heterocycles. The van der Waals surface area contributed by atoms with Crippen molar-refractivity contribution in [2.75, 3.05) is 157 Å². The highest BCUT2D eigenvalue weighted by molar-refractivity contribution is 5.76. The Bertz CT molecular complexity index is 2160. The molecule has 78 heavy (non-hydrogen) atoms. The number of rotatable bonds is 41. The number of nitrogen functional groups attached to an aromatic ring is 2. The fourth-order valence-corrected chi connectivity index (χ4v) is 7.29. The Hall–Kier alpha value is -5.07. The summed E-state index contributed by atoms with van der Waals surface area (Å²) in [5, 5.41) is 67.7. The molecule has 444 valence electrons. The van der Waals surface area contributed by atoms with E-state index in [1.807, 2.05) is 0 Å². The van der Waals surface area contributed by atoms with Crippen LogP contribution >= 0.6 is 0 Å². The molecule has 32 nitrogen and oxygen atoms in total. The first-order valence-corrected chi connectivity index (χ1v) is 25.6. The first-order chi connectivity index (χ1) is 37.8. The van der Waals surface area contributed by atoms with Gasteiger partial charge in [0.25, 0.3) is 0 Å². The smallest absolute Gasteiger partial charge is 0.351 e. The van der Waals surface area contributed by atoms with Gasteiger partial charge in [-0.15, -0.1) is 0 Å². The molecule has 0 radical (unpaired) electrons. The van der Waals surface area contributed by atoms with Gasteiger partial charge in [0.05, 0.1) is 119 Å².